The van der Waals surface area contributed by atoms with Crippen molar-refractivity contribution in [3.63, 3.8) is 0 Å². The van der Waals surface area contributed by atoms with Crippen LogP contribution in [0.3, 0.4) is 0 Å². The van der Waals surface area contributed by atoms with E-state index in [2.05, 4.69) is 53.1 Å². The standard InChI is InChI=1S/C16H18N2O.ClH/c19-16(15-10-17-11-15)18-8-7-12-5-6-13-3-1-2-4-14(13)9-12;/h1-6,9,15,17H,7-8,10-11H2,(H,18,19);1H. The SMILES string of the molecule is Cl.O=C(NCCc1ccc2ccccc2c1)C1CNC1. The van der Waals surface area contributed by atoms with Gasteiger partial charge in [0.25, 0.3) is 0 Å². The van der Waals surface area contributed by atoms with Crippen LogP contribution < -0.4 is 10.6 Å². The lowest BCUT2D eigenvalue weighted by molar-refractivity contribution is -0.126. The number of hydrogen-bond donors (Lipinski definition) is 2. The molecule has 0 atom stereocenters. The lowest BCUT2D eigenvalue weighted by Gasteiger charge is -2.25. The third-order valence-corrected chi connectivity index (χ3v) is 3.68. The first-order chi connectivity index (χ1) is 9.33. The maximum atomic E-state index is 11.7. The van der Waals surface area contributed by atoms with Gasteiger partial charge in [0.2, 0.25) is 5.91 Å². The van der Waals surface area contributed by atoms with Crippen molar-refractivity contribution in [2.75, 3.05) is 19.6 Å². The van der Waals surface area contributed by atoms with E-state index in [4.69, 9.17) is 0 Å². The van der Waals surface area contributed by atoms with Gasteiger partial charge in [-0.15, -0.1) is 12.4 Å². The van der Waals surface area contributed by atoms with Gasteiger partial charge in [-0.2, -0.15) is 0 Å². The Morgan fingerprint density at radius 1 is 1.15 bits per heavy atom. The average Bonchev–Trinajstić information content (AvgIpc) is 2.36. The average molecular weight is 291 g/mol. The minimum absolute atomic E-state index is 0. The van der Waals surface area contributed by atoms with Gasteiger partial charge in [0.1, 0.15) is 0 Å². The highest BCUT2D eigenvalue weighted by Crippen LogP contribution is 2.15. The van der Waals surface area contributed by atoms with Crippen molar-refractivity contribution in [3.8, 4) is 0 Å². The van der Waals surface area contributed by atoms with Gasteiger partial charge in [-0.25, -0.2) is 0 Å². The summed E-state index contributed by atoms with van der Waals surface area (Å²) < 4.78 is 0. The van der Waals surface area contributed by atoms with Crippen molar-refractivity contribution in [1.29, 1.82) is 0 Å². The van der Waals surface area contributed by atoms with Crippen molar-refractivity contribution in [2.45, 2.75) is 6.42 Å². The van der Waals surface area contributed by atoms with Crippen molar-refractivity contribution >= 4 is 29.1 Å². The molecule has 1 aliphatic rings. The molecule has 0 spiro atoms. The van der Waals surface area contributed by atoms with E-state index in [-0.39, 0.29) is 24.2 Å². The zero-order valence-corrected chi connectivity index (χ0v) is 12.1. The van der Waals surface area contributed by atoms with Crippen molar-refractivity contribution in [1.82, 2.24) is 10.6 Å². The summed E-state index contributed by atoms with van der Waals surface area (Å²) in [4.78, 5) is 11.7. The number of hydrogen-bond acceptors (Lipinski definition) is 2. The molecule has 4 heteroatoms. The monoisotopic (exact) mass is 290 g/mol. The first kappa shape index (κ1) is 14.8. The molecule has 0 saturated carbocycles. The molecule has 1 saturated heterocycles. The number of carbonyl (C=O) groups is 1. The quantitative estimate of drug-likeness (QED) is 0.906. The minimum Gasteiger partial charge on any atom is -0.355 e. The van der Waals surface area contributed by atoms with E-state index in [1.807, 2.05) is 0 Å². The largest absolute Gasteiger partial charge is 0.355 e. The predicted molar refractivity (Wildman–Crippen MR) is 84.3 cm³/mol. The van der Waals surface area contributed by atoms with Crippen LogP contribution in [0.5, 0.6) is 0 Å². The molecule has 0 aromatic heterocycles. The molecule has 2 aromatic carbocycles. The molecular weight excluding hydrogens is 272 g/mol. The highest BCUT2D eigenvalue weighted by molar-refractivity contribution is 5.85. The second-order valence-corrected chi connectivity index (χ2v) is 5.08. The molecule has 0 aliphatic carbocycles. The Kier molecular flexibility index (Phi) is 4.99. The molecule has 0 radical (unpaired) electrons. The van der Waals surface area contributed by atoms with Crippen LogP contribution in [0.1, 0.15) is 5.56 Å². The predicted octanol–water partition coefficient (Wildman–Crippen LogP) is 2.14. The lowest BCUT2D eigenvalue weighted by atomic mass is 10.0. The van der Waals surface area contributed by atoms with Gasteiger partial charge in [0.15, 0.2) is 0 Å². The summed E-state index contributed by atoms with van der Waals surface area (Å²) in [5.74, 6) is 0.358. The highest BCUT2D eigenvalue weighted by Gasteiger charge is 2.23. The van der Waals surface area contributed by atoms with Crippen LogP contribution in [0.2, 0.25) is 0 Å². The molecule has 1 aliphatic heterocycles. The topological polar surface area (TPSA) is 41.1 Å². The van der Waals surface area contributed by atoms with Crippen LogP contribution in [0, 0.1) is 5.92 Å². The van der Waals surface area contributed by atoms with E-state index in [1.165, 1.54) is 16.3 Å². The maximum absolute atomic E-state index is 11.7. The van der Waals surface area contributed by atoms with Gasteiger partial charge < -0.3 is 10.6 Å². The summed E-state index contributed by atoms with van der Waals surface area (Å²) >= 11 is 0. The van der Waals surface area contributed by atoms with E-state index in [9.17, 15) is 4.79 Å². The van der Waals surface area contributed by atoms with Crippen molar-refractivity contribution in [2.24, 2.45) is 5.92 Å². The van der Waals surface area contributed by atoms with Gasteiger partial charge in [-0.3, -0.25) is 4.79 Å². The van der Waals surface area contributed by atoms with E-state index >= 15 is 0 Å². The van der Waals surface area contributed by atoms with Gasteiger partial charge in [0.05, 0.1) is 5.92 Å². The number of rotatable bonds is 4. The number of fused-ring (bicyclic) bond motifs is 1. The van der Waals surface area contributed by atoms with Gasteiger partial charge >= 0.3 is 0 Å². The van der Waals surface area contributed by atoms with E-state index in [1.54, 1.807) is 0 Å². The Morgan fingerprint density at radius 2 is 1.90 bits per heavy atom. The number of amides is 1. The number of carbonyl (C=O) groups excluding carboxylic acids is 1. The number of benzene rings is 2. The molecule has 2 N–H and O–H groups in total. The molecule has 2 aromatic rings. The molecule has 0 unspecified atom stereocenters. The molecule has 3 rings (SSSR count). The van der Waals surface area contributed by atoms with Crippen LogP contribution in [0.25, 0.3) is 10.8 Å². The second kappa shape index (κ2) is 6.73. The summed E-state index contributed by atoms with van der Waals surface area (Å²) in [5, 5.41) is 8.63. The minimum atomic E-state index is 0. The van der Waals surface area contributed by atoms with Crippen molar-refractivity contribution in [3.05, 3.63) is 48.0 Å². The molecule has 1 heterocycles. The van der Waals surface area contributed by atoms with E-state index in [0.717, 1.165) is 19.5 Å². The lowest BCUT2D eigenvalue weighted by Crippen LogP contribution is -2.51. The third kappa shape index (κ3) is 3.30. The van der Waals surface area contributed by atoms with Crippen LogP contribution in [0.4, 0.5) is 0 Å². The Bertz CT molecular complexity index is 596. The van der Waals surface area contributed by atoms with Gasteiger partial charge in [0, 0.05) is 19.6 Å². The first-order valence-electron chi connectivity index (χ1n) is 6.79. The fourth-order valence-corrected chi connectivity index (χ4v) is 2.34. The molecule has 3 nitrogen and oxygen atoms in total. The zero-order valence-electron chi connectivity index (χ0n) is 11.3. The second-order valence-electron chi connectivity index (χ2n) is 5.08. The molecule has 1 amide bonds. The fraction of sp³-hybridized carbons (Fsp3) is 0.312. The van der Waals surface area contributed by atoms with E-state index < -0.39 is 0 Å². The molecule has 0 bridgehead atoms. The third-order valence-electron chi connectivity index (χ3n) is 3.68. The summed E-state index contributed by atoms with van der Waals surface area (Å²) in [6, 6.07) is 14.8. The normalized spacial score (nSPS) is 14.4. The molecular formula is C16H19ClN2O. The number of nitrogens with one attached hydrogen (secondary N) is 2. The smallest absolute Gasteiger partial charge is 0.225 e. The van der Waals surface area contributed by atoms with Gasteiger partial charge in [-0.05, 0) is 22.8 Å². The fourth-order valence-electron chi connectivity index (χ4n) is 2.34. The summed E-state index contributed by atoms with van der Waals surface area (Å²) in [7, 11) is 0. The zero-order chi connectivity index (χ0) is 13.1. The summed E-state index contributed by atoms with van der Waals surface area (Å²) in [5.41, 5.74) is 1.27. The molecule has 20 heavy (non-hydrogen) atoms. The Hall–Kier alpha value is -1.58. The Morgan fingerprint density at radius 3 is 2.60 bits per heavy atom. The summed E-state index contributed by atoms with van der Waals surface area (Å²) in [6.07, 6.45) is 0.886. The van der Waals surface area contributed by atoms with Crippen LogP contribution in [-0.4, -0.2) is 25.5 Å². The van der Waals surface area contributed by atoms with Crippen LogP contribution >= 0.6 is 12.4 Å². The van der Waals surface area contributed by atoms with Crippen molar-refractivity contribution < 1.29 is 4.79 Å². The highest BCUT2D eigenvalue weighted by atomic mass is 35.5. The molecule has 106 valence electrons. The maximum Gasteiger partial charge on any atom is 0.225 e. The van der Waals surface area contributed by atoms with Crippen LogP contribution in [-0.2, 0) is 11.2 Å². The van der Waals surface area contributed by atoms with E-state index in [0.29, 0.717) is 6.54 Å². The Balaban J connectivity index is 0.00000147. The van der Waals surface area contributed by atoms with Crippen LogP contribution in [0.15, 0.2) is 42.5 Å². The Labute approximate surface area is 125 Å². The first-order valence-corrected chi connectivity index (χ1v) is 6.79. The van der Waals surface area contributed by atoms with Gasteiger partial charge in [-0.1, -0.05) is 42.5 Å². The number of halogens is 1. The summed E-state index contributed by atoms with van der Waals surface area (Å²) in [6.45, 7) is 2.36. The molecule has 1 fully saturated rings.